The number of nitrogens with zero attached hydrogens (tertiary/aromatic N) is 6. The fourth-order valence-corrected chi connectivity index (χ4v) is 4.82. The van der Waals surface area contributed by atoms with Gasteiger partial charge in [0, 0.05) is 62.5 Å². The first-order valence-electron chi connectivity index (χ1n) is 9.49. The molecule has 0 radical (unpaired) electrons. The molecular weight excluding hydrogens is 328 g/mol. The standard InChI is InChI=1S/C19H24N6O/c1-12-20-16-5-3-4-15(16)18(21-12)24-8-13-10-25(11-14(13)9-24)19(26)17-6-7-23(2)22-17/h6-7,13-14H,3-5,8-11H2,1-2H3. The van der Waals surface area contributed by atoms with Gasteiger partial charge in [-0.05, 0) is 32.3 Å². The lowest BCUT2D eigenvalue weighted by molar-refractivity contribution is 0.0776. The highest BCUT2D eigenvalue weighted by atomic mass is 16.2. The van der Waals surface area contributed by atoms with E-state index >= 15 is 0 Å². The molecule has 2 saturated heterocycles. The van der Waals surface area contributed by atoms with E-state index in [0.717, 1.165) is 50.7 Å². The maximum atomic E-state index is 12.7. The Morgan fingerprint density at radius 1 is 1.12 bits per heavy atom. The van der Waals surface area contributed by atoms with E-state index in [0.29, 0.717) is 17.5 Å². The fourth-order valence-electron chi connectivity index (χ4n) is 4.82. The number of aromatic nitrogens is 4. The predicted molar refractivity (Wildman–Crippen MR) is 97.1 cm³/mol. The molecule has 7 heteroatoms. The Labute approximate surface area is 153 Å². The van der Waals surface area contributed by atoms with E-state index in [4.69, 9.17) is 4.98 Å². The summed E-state index contributed by atoms with van der Waals surface area (Å²) in [6.07, 6.45) is 5.19. The zero-order chi connectivity index (χ0) is 17.8. The van der Waals surface area contributed by atoms with Crippen LogP contribution in [0.5, 0.6) is 0 Å². The largest absolute Gasteiger partial charge is 0.356 e. The average Bonchev–Trinajstić information content (AvgIpc) is 3.35. The summed E-state index contributed by atoms with van der Waals surface area (Å²) in [5.41, 5.74) is 3.15. The molecule has 1 amide bonds. The predicted octanol–water partition coefficient (Wildman–Crippen LogP) is 1.22. The molecular formula is C19H24N6O. The molecule has 26 heavy (non-hydrogen) atoms. The molecule has 0 spiro atoms. The molecule has 4 heterocycles. The summed E-state index contributed by atoms with van der Waals surface area (Å²) in [4.78, 5) is 26.5. The lowest BCUT2D eigenvalue weighted by atomic mass is 10.0. The molecule has 7 nitrogen and oxygen atoms in total. The second kappa shape index (κ2) is 5.79. The van der Waals surface area contributed by atoms with Crippen molar-refractivity contribution < 1.29 is 4.79 Å². The molecule has 0 N–H and O–H groups in total. The lowest BCUT2D eigenvalue weighted by Gasteiger charge is -2.24. The number of carbonyl (C=O) groups is 1. The normalized spacial score (nSPS) is 24.2. The van der Waals surface area contributed by atoms with Crippen molar-refractivity contribution in [1.82, 2.24) is 24.6 Å². The van der Waals surface area contributed by atoms with Gasteiger partial charge in [0.15, 0.2) is 0 Å². The van der Waals surface area contributed by atoms with Crippen LogP contribution in [0.3, 0.4) is 0 Å². The van der Waals surface area contributed by atoms with Crippen molar-refractivity contribution in [3.8, 4) is 0 Å². The van der Waals surface area contributed by atoms with Crippen molar-refractivity contribution in [1.29, 1.82) is 0 Å². The van der Waals surface area contributed by atoms with Gasteiger partial charge in [0.25, 0.3) is 5.91 Å². The highest BCUT2D eigenvalue weighted by Crippen LogP contribution is 2.37. The molecule has 136 valence electrons. The Hall–Kier alpha value is -2.44. The van der Waals surface area contributed by atoms with E-state index in [1.165, 1.54) is 17.7 Å². The number of rotatable bonds is 2. The Morgan fingerprint density at radius 3 is 2.58 bits per heavy atom. The molecule has 2 unspecified atom stereocenters. The third-order valence-electron chi connectivity index (χ3n) is 6.03. The highest BCUT2D eigenvalue weighted by Gasteiger charge is 2.43. The number of fused-ring (bicyclic) bond motifs is 2. The first kappa shape index (κ1) is 15.8. The molecule has 2 fully saturated rings. The van der Waals surface area contributed by atoms with Crippen molar-refractivity contribution in [3.05, 3.63) is 35.0 Å². The summed E-state index contributed by atoms with van der Waals surface area (Å²) in [6.45, 7) is 5.61. The van der Waals surface area contributed by atoms with Gasteiger partial charge in [-0.25, -0.2) is 9.97 Å². The molecule has 2 aliphatic heterocycles. The van der Waals surface area contributed by atoms with Crippen LogP contribution in [0.4, 0.5) is 5.82 Å². The average molecular weight is 352 g/mol. The summed E-state index contributed by atoms with van der Waals surface area (Å²) in [5.74, 6) is 3.14. The molecule has 3 aliphatic rings. The van der Waals surface area contributed by atoms with Crippen LogP contribution in [0.2, 0.25) is 0 Å². The third kappa shape index (κ3) is 2.48. The third-order valence-corrected chi connectivity index (χ3v) is 6.03. The minimum atomic E-state index is 0.0605. The van der Waals surface area contributed by atoms with Gasteiger partial charge in [-0.1, -0.05) is 0 Å². The molecule has 0 aromatic carbocycles. The molecule has 2 aromatic rings. The van der Waals surface area contributed by atoms with Crippen molar-refractivity contribution in [2.45, 2.75) is 26.2 Å². The zero-order valence-electron chi connectivity index (χ0n) is 15.4. The number of amides is 1. The Bertz CT molecular complexity index is 861. The minimum Gasteiger partial charge on any atom is -0.356 e. The number of anilines is 1. The summed E-state index contributed by atoms with van der Waals surface area (Å²) in [6, 6.07) is 1.80. The van der Waals surface area contributed by atoms with E-state index in [2.05, 4.69) is 15.0 Å². The zero-order valence-corrected chi connectivity index (χ0v) is 15.4. The van der Waals surface area contributed by atoms with Crippen molar-refractivity contribution in [3.63, 3.8) is 0 Å². The first-order valence-corrected chi connectivity index (χ1v) is 9.49. The van der Waals surface area contributed by atoms with Gasteiger partial charge < -0.3 is 9.80 Å². The van der Waals surface area contributed by atoms with Gasteiger partial charge in [0.1, 0.15) is 17.3 Å². The van der Waals surface area contributed by atoms with Crippen molar-refractivity contribution in [2.75, 3.05) is 31.1 Å². The van der Waals surface area contributed by atoms with Crippen molar-refractivity contribution in [2.24, 2.45) is 18.9 Å². The van der Waals surface area contributed by atoms with Crippen LogP contribution in [0.1, 0.15) is 34.0 Å². The molecule has 0 saturated carbocycles. The van der Waals surface area contributed by atoms with Crippen LogP contribution in [0.25, 0.3) is 0 Å². The van der Waals surface area contributed by atoms with Gasteiger partial charge in [-0.15, -0.1) is 0 Å². The van der Waals surface area contributed by atoms with Crippen molar-refractivity contribution >= 4 is 11.7 Å². The molecule has 0 bridgehead atoms. The van der Waals surface area contributed by atoms with E-state index in [-0.39, 0.29) is 5.91 Å². The minimum absolute atomic E-state index is 0.0605. The van der Waals surface area contributed by atoms with Crippen LogP contribution in [-0.2, 0) is 19.9 Å². The second-order valence-electron chi connectivity index (χ2n) is 7.88. The van der Waals surface area contributed by atoms with Crippen LogP contribution >= 0.6 is 0 Å². The topological polar surface area (TPSA) is 67.2 Å². The van der Waals surface area contributed by atoms with Gasteiger partial charge in [0.05, 0.1) is 0 Å². The monoisotopic (exact) mass is 352 g/mol. The summed E-state index contributed by atoms with van der Waals surface area (Å²) < 4.78 is 1.68. The van der Waals surface area contributed by atoms with Gasteiger partial charge in [0.2, 0.25) is 0 Å². The molecule has 5 rings (SSSR count). The summed E-state index contributed by atoms with van der Waals surface area (Å²) in [5, 5.41) is 4.26. The second-order valence-corrected chi connectivity index (χ2v) is 7.88. The van der Waals surface area contributed by atoms with Crippen LogP contribution in [-0.4, -0.2) is 56.7 Å². The summed E-state index contributed by atoms with van der Waals surface area (Å²) in [7, 11) is 1.84. The first-order chi connectivity index (χ1) is 12.6. The number of hydrogen-bond acceptors (Lipinski definition) is 5. The highest BCUT2D eigenvalue weighted by molar-refractivity contribution is 5.92. The smallest absolute Gasteiger partial charge is 0.274 e. The van der Waals surface area contributed by atoms with E-state index in [1.54, 1.807) is 10.7 Å². The maximum absolute atomic E-state index is 12.7. The van der Waals surface area contributed by atoms with Gasteiger partial charge in [-0.3, -0.25) is 9.48 Å². The number of carbonyl (C=O) groups excluding carboxylic acids is 1. The summed E-state index contributed by atoms with van der Waals surface area (Å²) >= 11 is 0. The molecule has 1 aliphatic carbocycles. The quantitative estimate of drug-likeness (QED) is 0.813. The molecule has 2 atom stereocenters. The van der Waals surface area contributed by atoms with Gasteiger partial charge in [-0.2, -0.15) is 5.10 Å². The van der Waals surface area contributed by atoms with Crippen LogP contribution in [0.15, 0.2) is 12.3 Å². The lowest BCUT2D eigenvalue weighted by Crippen LogP contribution is -2.34. The van der Waals surface area contributed by atoms with Crippen LogP contribution < -0.4 is 4.90 Å². The number of hydrogen-bond donors (Lipinski definition) is 0. The van der Waals surface area contributed by atoms with E-state index in [1.807, 2.05) is 25.1 Å². The Balaban J connectivity index is 1.31. The van der Waals surface area contributed by atoms with Gasteiger partial charge >= 0.3 is 0 Å². The number of likely N-dealkylation sites (tertiary alicyclic amines) is 1. The molecule has 2 aromatic heterocycles. The maximum Gasteiger partial charge on any atom is 0.274 e. The van der Waals surface area contributed by atoms with Crippen LogP contribution in [0, 0.1) is 18.8 Å². The SMILES string of the molecule is Cc1nc2c(c(N3CC4CN(C(=O)c5ccn(C)n5)CC4C3)n1)CCC2. The van der Waals surface area contributed by atoms with E-state index in [9.17, 15) is 4.79 Å². The van der Waals surface area contributed by atoms with E-state index < -0.39 is 0 Å². The fraction of sp³-hybridized carbons (Fsp3) is 0.579. The Morgan fingerprint density at radius 2 is 1.88 bits per heavy atom. The Kier molecular flexibility index (Phi) is 3.52. The number of aryl methyl sites for hydroxylation is 3.